The molecule has 0 bridgehead atoms. The molecule has 0 radical (unpaired) electrons. The second kappa shape index (κ2) is 5.44. The van der Waals surface area contributed by atoms with Gasteiger partial charge in [0.05, 0.1) is 16.6 Å². The fourth-order valence-electron chi connectivity index (χ4n) is 1.40. The van der Waals surface area contributed by atoms with E-state index < -0.39 is 0 Å². The highest BCUT2D eigenvalue weighted by molar-refractivity contribution is 6.42. The lowest BCUT2D eigenvalue weighted by molar-refractivity contribution is 0.559. The first-order valence-corrected chi connectivity index (χ1v) is 5.83. The minimum Gasteiger partial charge on any atom is -0.303 e. The Bertz CT molecular complexity index is 485. The fourth-order valence-corrected chi connectivity index (χ4v) is 1.71. The summed E-state index contributed by atoms with van der Waals surface area (Å²) >= 11 is 11.8. The molecule has 0 fully saturated rings. The van der Waals surface area contributed by atoms with Crippen LogP contribution in [0.2, 0.25) is 10.0 Å². The Balaban J connectivity index is 1.99. The van der Waals surface area contributed by atoms with Gasteiger partial charge in [0.15, 0.2) is 5.82 Å². The van der Waals surface area contributed by atoms with E-state index in [2.05, 4.69) is 25.9 Å². The zero-order valence-electron chi connectivity index (χ0n) is 9.11. The first-order valence-electron chi connectivity index (χ1n) is 5.07. The molecule has 1 atom stereocenters. The Labute approximate surface area is 109 Å². The molecule has 90 valence electrons. The van der Waals surface area contributed by atoms with Gasteiger partial charge >= 0.3 is 0 Å². The minimum atomic E-state index is 0.128. The average molecular weight is 272 g/mol. The van der Waals surface area contributed by atoms with E-state index in [9.17, 15) is 0 Å². The van der Waals surface area contributed by atoms with Gasteiger partial charge in [-0.25, -0.2) is 0 Å². The molecule has 1 aromatic heterocycles. The molecule has 0 spiro atoms. The number of halogens is 2. The van der Waals surface area contributed by atoms with Gasteiger partial charge in [-0.2, -0.15) is 5.21 Å². The lowest BCUT2D eigenvalue weighted by atomic mass is 10.1. The Morgan fingerprint density at radius 1 is 1.35 bits per heavy atom. The SMILES string of the molecule is CC(NCc1nn[nH]n1)c1ccc(Cl)c(Cl)c1. The van der Waals surface area contributed by atoms with E-state index in [1.54, 1.807) is 6.07 Å². The van der Waals surface area contributed by atoms with Gasteiger partial charge in [-0.05, 0) is 24.6 Å². The molecular formula is C10H11Cl2N5. The third-order valence-corrected chi connectivity index (χ3v) is 3.14. The van der Waals surface area contributed by atoms with Crippen LogP contribution in [0.15, 0.2) is 18.2 Å². The lowest BCUT2D eigenvalue weighted by Crippen LogP contribution is -2.18. The van der Waals surface area contributed by atoms with Crippen molar-refractivity contribution in [2.75, 3.05) is 0 Å². The van der Waals surface area contributed by atoms with Gasteiger partial charge < -0.3 is 5.32 Å². The Morgan fingerprint density at radius 2 is 2.18 bits per heavy atom. The molecule has 1 aromatic carbocycles. The van der Waals surface area contributed by atoms with Crippen molar-refractivity contribution in [2.45, 2.75) is 19.5 Å². The third-order valence-electron chi connectivity index (χ3n) is 2.40. The second-order valence-corrected chi connectivity index (χ2v) is 4.42. The maximum Gasteiger partial charge on any atom is 0.188 e. The van der Waals surface area contributed by atoms with E-state index in [1.165, 1.54) is 0 Å². The molecule has 0 saturated heterocycles. The number of rotatable bonds is 4. The highest BCUT2D eigenvalue weighted by atomic mass is 35.5. The van der Waals surface area contributed by atoms with Gasteiger partial charge in [0, 0.05) is 6.04 Å². The zero-order chi connectivity index (χ0) is 12.3. The predicted octanol–water partition coefficient (Wildman–Crippen LogP) is 2.36. The molecular weight excluding hydrogens is 261 g/mol. The van der Waals surface area contributed by atoms with Crippen molar-refractivity contribution in [2.24, 2.45) is 0 Å². The van der Waals surface area contributed by atoms with Crippen molar-refractivity contribution in [3.63, 3.8) is 0 Å². The van der Waals surface area contributed by atoms with Crippen LogP contribution in [-0.2, 0) is 6.54 Å². The molecule has 1 unspecified atom stereocenters. The van der Waals surface area contributed by atoms with Crippen LogP contribution in [0, 0.1) is 0 Å². The highest BCUT2D eigenvalue weighted by Gasteiger charge is 2.08. The number of hydrogen-bond acceptors (Lipinski definition) is 4. The van der Waals surface area contributed by atoms with E-state index in [1.807, 2.05) is 19.1 Å². The summed E-state index contributed by atoms with van der Waals surface area (Å²) in [6.07, 6.45) is 0. The summed E-state index contributed by atoms with van der Waals surface area (Å²) in [5, 5.41) is 18.0. The van der Waals surface area contributed by atoms with E-state index in [4.69, 9.17) is 23.2 Å². The number of aromatic nitrogens is 4. The van der Waals surface area contributed by atoms with Gasteiger partial charge in [0.1, 0.15) is 0 Å². The van der Waals surface area contributed by atoms with Crippen LogP contribution in [0.4, 0.5) is 0 Å². The molecule has 2 rings (SSSR count). The van der Waals surface area contributed by atoms with Crippen LogP contribution in [0.5, 0.6) is 0 Å². The minimum absolute atomic E-state index is 0.128. The lowest BCUT2D eigenvalue weighted by Gasteiger charge is -2.13. The summed E-state index contributed by atoms with van der Waals surface area (Å²) in [5.41, 5.74) is 1.06. The quantitative estimate of drug-likeness (QED) is 0.896. The number of aromatic amines is 1. The van der Waals surface area contributed by atoms with Crippen LogP contribution in [0.1, 0.15) is 24.4 Å². The summed E-state index contributed by atoms with van der Waals surface area (Å²) in [4.78, 5) is 0. The van der Waals surface area contributed by atoms with Gasteiger partial charge in [-0.1, -0.05) is 34.5 Å². The van der Waals surface area contributed by atoms with Gasteiger partial charge in [-0.15, -0.1) is 10.2 Å². The summed E-state index contributed by atoms with van der Waals surface area (Å²) < 4.78 is 0. The van der Waals surface area contributed by atoms with Crippen LogP contribution in [-0.4, -0.2) is 20.6 Å². The maximum atomic E-state index is 5.96. The number of benzene rings is 1. The van der Waals surface area contributed by atoms with Crippen molar-refractivity contribution < 1.29 is 0 Å². The van der Waals surface area contributed by atoms with Gasteiger partial charge in [0.2, 0.25) is 0 Å². The summed E-state index contributed by atoms with van der Waals surface area (Å²) in [5.74, 6) is 0.622. The molecule has 0 saturated carbocycles. The molecule has 7 heteroatoms. The average Bonchev–Trinajstić information content (AvgIpc) is 2.82. The molecule has 5 nitrogen and oxygen atoms in total. The van der Waals surface area contributed by atoms with Crippen molar-refractivity contribution in [3.8, 4) is 0 Å². The first-order chi connectivity index (χ1) is 8.16. The largest absolute Gasteiger partial charge is 0.303 e. The van der Waals surface area contributed by atoms with Crippen molar-refractivity contribution in [1.82, 2.24) is 25.9 Å². The Hall–Kier alpha value is -1.17. The predicted molar refractivity (Wildman–Crippen MR) is 65.9 cm³/mol. The van der Waals surface area contributed by atoms with E-state index in [-0.39, 0.29) is 6.04 Å². The maximum absolute atomic E-state index is 5.96. The second-order valence-electron chi connectivity index (χ2n) is 3.60. The van der Waals surface area contributed by atoms with E-state index >= 15 is 0 Å². The van der Waals surface area contributed by atoms with Crippen LogP contribution < -0.4 is 5.32 Å². The smallest absolute Gasteiger partial charge is 0.188 e. The number of H-pyrrole nitrogens is 1. The Morgan fingerprint density at radius 3 is 2.82 bits per heavy atom. The van der Waals surface area contributed by atoms with Crippen LogP contribution in [0.3, 0.4) is 0 Å². The van der Waals surface area contributed by atoms with Crippen molar-refractivity contribution >= 4 is 23.2 Å². The van der Waals surface area contributed by atoms with Crippen LogP contribution in [0.25, 0.3) is 0 Å². The molecule has 2 N–H and O–H groups in total. The molecule has 1 heterocycles. The van der Waals surface area contributed by atoms with Crippen molar-refractivity contribution in [1.29, 1.82) is 0 Å². The summed E-state index contributed by atoms with van der Waals surface area (Å²) in [7, 11) is 0. The van der Waals surface area contributed by atoms with E-state index in [0.29, 0.717) is 22.4 Å². The molecule has 17 heavy (non-hydrogen) atoms. The molecule has 0 aliphatic heterocycles. The normalized spacial score (nSPS) is 12.6. The van der Waals surface area contributed by atoms with Gasteiger partial charge in [0.25, 0.3) is 0 Å². The topological polar surface area (TPSA) is 66.5 Å². The summed E-state index contributed by atoms with van der Waals surface area (Å²) in [6.45, 7) is 2.57. The number of tetrazole rings is 1. The third kappa shape index (κ3) is 3.15. The van der Waals surface area contributed by atoms with Gasteiger partial charge in [-0.3, -0.25) is 0 Å². The molecule has 0 aliphatic rings. The first kappa shape index (κ1) is 12.3. The highest BCUT2D eigenvalue weighted by Crippen LogP contribution is 2.25. The molecule has 2 aromatic rings. The number of hydrogen-bond donors (Lipinski definition) is 2. The molecule has 0 amide bonds. The summed E-state index contributed by atoms with van der Waals surface area (Å²) in [6, 6.07) is 5.69. The number of nitrogens with one attached hydrogen (secondary N) is 2. The van der Waals surface area contributed by atoms with Crippen LogP contribution >= 0.6 is 23.2 Å². The fraction of sp³-hybridized carbons (Fsp3) is 0.300. The Kier molecular flexibility index (Phi) is 3.93. The zero-order valence-corrected chi connectivity index (χ0v) is 10.6. The number of nitrogens with zero attached hydrogens (tertiary/aromatic N) is 3. The molecule has 0 aliphatic carbocycles. The van der Waals surface area contributed by atoms with E-state index in [0.717, 1.165) is 5.56 Å². The monoisotopic (exact) mass is 271 g/mol. The standard InChI is InChI=1S/C10H11Cl2N5/c1-6(13-5-10-14-16-17-15-10)7-2-3-8(11)9(12)4-7/h2-4,6,13H,5H2,1H3,(H,14,15,16,17). The van der Waals surface area contributed by atoms with Crippen molar-refractivity contribution in [3.05, 3.63) is 39.6 Å².